The van der Waals surface area contributed by atoms with Gasteiger partial charge >= 0.3 is 6.03 Å². The monoisotopic (exact) mass is 523 g/mol. The SMILES string of the molecule is CC(C)CCN1C(=O)C2CCC(C(=O)NC3CCCCC3)CC2N2C(=O)N(CC(=O)c3ccccc3)NC12. The molecule has 206 valence electrons. The Hall–Kier alpha value is -2.94. The molecule has 4 atom stereocenters. The summed E-state index contributed by atoms with van der Waals surface area (Å²) in [5.74, 6) is -0.219. The molecule has 2 N–H and O–H groups in total. The van der Waals surface area contributed by atoms with Gasteiger partial charge in [0.15, 0.2) is 12.1 Å². The summed E-state index contributed by atoms with van der Waals surface area (Å²) in [6.45, 7) is 4.64. The standard InChI is InChI=1S/C29H41N5O4/c1-19(2)15-16-32-27(37)23-14-13-21(26(36)30-22-11-7-4-8-12-22)17-24(23)34-28(32)31-33(29(34)38)18-25(35)20-9-5-3-6-10-20/h3,5-6,9-10,19,21-24,28,31H,4,7-8,11-18H2,1-2H3,(H,30,36). The number of urea groups is 1. The van der Waals surface area contributed by atoms with Gasteiger partial charge in [-0.1, -0.05) is 63.4 Å². The molecule has 1 aromatic rings. The van der Waals surface area contributed by atoms with Crippen molar-refractivity contribution in [1.82, 2.24) is 25.6 Å². The number of benzene rings is 1. The number of nitrogens with one attached hydrogen (secondary N) is 2. The number of hydrogen-bond donors (Lipinski definition) is 2. The van der Waals surface area contributed by atoms with E-state index in [1.165, 1.54) is 11.4 Å². The highest BCUT2D eigenvalue weighted by Crippen LogP contribution is 2.40. The van der Waals surface area contributed by atoms with Crippen LogP contribution in [0.1, 0.15) is 82.0 Å². The molecule has 2 saturated heterocycles. The summed E-state index contributed by atoms with van der Waals surface area (Å²) in [4.78, 5) is 57.1. The Morgan fingerprint density at radius 2 is 1.76 bits per heavy atom. The van der Waals surface area contributed by atoms with E-state index in [2.05, 4.69) is 24.6 Å². The number of rotatable bonds is 8. The van der Waals surface area contributed by atoms with E-state index in [9.17, 15) is 19.2 Å². The van der Waals surface area contributed by atoms with Gasteiger partial charge in [-0.15, -0.1) is 0 Å². The Labute approximate surface area is 225 Å². The number of fused-ring (bicyclic) bond motifs is 3. The van der Waals surface area contributed by atoms with E-state index in [-0.39, 0.29) is 54.1 Å². The molecule has 0 spiro atoms. The predicted octanol–water partition coefficient (Wildman–Crippen LogP) is 3.52. The maximum Gasteiger partial charge on any atom is 0.337 e. The van der Waals surface area contributed by atoms with E-state index in [1.807, 2.05) is 6.07 Å². The van der Waals surface area contributed by atoms with Crippen LogP contribution < -0.4 is 10.7 Å². The number of carbonyl (C=O) groups is 4. The second kappa shape index (κ2) is 11.4. The molecular formula is C29H41N5O4. The number of ketones is 1. The maximum atomic E-state index is 13.7. The fourth-order valence-corrected chi connectivity index (χ4v) is 6.53. The third-order valence-electron chi connectivity index (χ3n) is 8.72. The molecule has 2 saturated carbocycles. The van der Waals surface area contributed by atoms with Crippen molar-refractivity contribution in [2.24, 2.45) is 17.8 Å². The summed E-state index contributed by atoms with van der Waals surface area (Å²) >= 11 is 0. The number of carbonyl (C=O) groups excluding carboxylic acids is 4. The number of amides is 4. The van der Waals surface area contributed by atoms with Crippen molar-refractivity contribution in [2.75, 3.05) is 13.1 Å². The van der Waals surface area contributed by atoms with Crippen molar-refractivity contribution < 1.29 is 19.2 Å². The first-order valence-electron chi connectivity index (χ1n) is 14.4. The zero-order chi connectivity index (χ0) is 26.8. The van der Waals surface area contributed by atoms with Crippen LogP contribution in [0.3, 0.4) is 0 Å². The molecule has 0 bridgehead atoms. The van der Waals surface area contributed by atoms with Gasteiger partial charge in [0.25, 0.3) is 0 Å². The minimum atomic E-state index is -0.640. The van der Waals surface area contributed by atoms with Crippen LogP contribution in [0.15, 0.2) is 30.3 Å². The van der Waals surface area contributed by atoms with Crippen molar-refractivity contribution >= 4 is 23.6 Å². The van der Waals surface area contributed by atoms with E-state index < -0.39 is 6.29 Å². The van der Waals surface area contributed by atoms with Crippen LogP contribution in [0, 0.1) is 17.8 Å². The summed E-state index contributed by atoms with van der Waals surface area (Å²) < 4.78 is 0. The van der Waals surface area contributed by atoms with Crippen molar-refractivity contribution in [3.05, 3.63) is 35.9 Å². The lowest BCUT2D eigenvalue weighted by atomic mass is 9.75. The Morgan fingerprint density at radius 3 is 2.47 bits per heavy atom. The highest BCUT2D eigenvalue weighted by Gasteiger charge is 2.56. The Balaban J connectivity index is 1.34. The van der Waals surface area contributed by atoms with Gasteiger partial charge < -0.3 is 10.2 Å². The van der Waals surface area contributed by atoms with Gasteiger partial charge in [-0.05, 0) is 44.4 Å². The maximum absolute atomic E-state index is 13.7. The molecule has 0 aromatic heterocycles. The summed E-state index contributed by atoms with van der Waals surface area (Å²) in [6, 6.07) is 8.48. The average molecular weight is 524 g/mol. The van der Waals surface area contributed by atoms with Crippen LogP contribution in [-0.4, -0.2) is 69.9 Å². The third kappa shape index (κ3) is 5.44. The largest absolute Gasteiger partial charge is 0.353 e. The lowest BCUT2D eigenvalue weighted by Gasteiger charge is -2.50. The first kappa shape index (κ1) is 26.7. The zero-order valence-electron chi connectivity index (χ0n) is 22.6. The van der Waals surface area contributed by atoms with E-state index in [1.54, 1.807) is 34.1 Å². The summed E-state index contributed by atoms with van der Waals surface area (Å²) in [5.41, 5.74) is 3.72. The second-order valence-corrected chi connectivity index (χ2v) is 11.8. The second-order valence-electron chi connectivity index (χ2n) is 11.8. The van der Waals surface area contributed by atoms with Crippen molar-refractivity contribution in [2.45, 2.75) is 90.0 Å². The number of nitrogens with zero attached hydrogens (tertiary/aromatic N) is 3. The van der Waals surface area contributed by atoms with E-state index in [4.69, 9.17) is 0 Å². The Kier molecular flexibility index (Phi) is 8.02. The molecule has 0 radical (unpaired) electrons. The first-order chi connectivity index (χ1) is 18.3. The Bertz CT molecular complexity index is 1040. The van der Waals surface area contributed by atoms with Crippen LogP contribution in [0.2, 0.25) is 0 Å². The van der Waals surface area contributed by atoms with E-state index >= 15 is 0 Å². The highest BCUT2D eigenvalue weighted by molar-refractivity contribution is 5.99. The minimum Gasteiger partial charge on any atom is -0.353 e. The van der Waals surface area contributed by atoms with Gasteiger partial charge in [0.2, 0.25) is 11.8 Å². The van der Waals surface area contributed by atoms with Crippen molar-refractivity contribution in [3.8, 4) is 0 Å². The molecule has 2 aliphatic heterocycles. The van der Waals surface area contributed by atoms with Gasteiger partial charge in [0, 0.05) is 30.1 Å². The lowest BCUT2D eigenvalue weighted by molar-refractivity contribution is -0.159. The molecule has 4 fully saturated rings. The van der Waals surface area contributed by atoms with Crippen LogP contribution in [0.25, 0.3) is 0 Å². The number of hydrazine groups is 1. The van der Waals surface area contributed by atoms with Crippen LogP contribution in [0.4, 0.5) is 4.79 Å². The molecule has 4 amide bonds. The molecule has 9 nitrogen and oxygen atoms in total. The predicted molar refractivity (Wildman–Crippen MR) is 142 cm³/mol. The minimum absolute atomic E-state index is 0.0413. The molecule has 38 heavy (non-hydrogen) atoms. The van der Waals surface area contributed by atoms with Crippen molar-refractivity contribution in [3.63, 3.8) is 0 Å². The van der Waals surface area contributed by atoms with Crippen LogP contribution in [-0.2, 0) is 9.59 Å². The third-order valence-corrected chi connectivity index (χ3v) is 8.72. The fourth-order valence-electron chi connectivity index (χ4n) is 6.53. The number of Topliss-reactive ketones (excluding diaryl/α,β-unsaturated/α-hetero) is 1. The molecule has 2 heterocycles. The van der Waals surface area contributed by atoms with Gasteiger partial charge in [-0.25, -0.2) is 9.80 Å². The van der Waals surface area contributed by atoms with E-state index in [0.717, 1.165) is 32.1 Å². The van der Waals surface area contributed by atoms with Crippen LogP contribution >= 0.6 is 0 Å². The Morgan fingerprint density at radius 1 is 1.03 bits per heavy atom. The van der Waals surface area contributed by atoms with Gasteiger partial charge in [0.1, 0.15) is 6.54 Å². The van der Waals surface area contributed by atoms with Gasteiger partial charge in [-0.3, -0.25) is 19.3 Å². The number of hydrogen-bond acceptors (Lipinski definition) is 5. The molecule has 2 aliphatic carbocycles. The molecule has 4 unspecified atom stereocenters. The normalized spacial score (nSPS) is 27.9. The van der Waals surface area contributed by atoms with Gasteiger partial charge in [-0.2, -0.15) is 5.43 Å². The van der Waals surface area contributed by atoms with E-state index in [0.29, 0.717) is 37.3 Å². The fraction of sp³-hybridized carbons (Fsp3) is 0.655. The zero-order valence-corrected chi connectivity index (χ0v) is 22.6. The molecular weight excluding hydrogens is 482 g/mol. The van der Waals surface area contributed by atoms with Crippen molar-refractivity contribution in [1.29, 1.82) is 0 Å². The molecule has 5 rings (SSSR count). The van der Waals surface area contributed by atoms with Gasteiger partial charge in [0.05, 0.1) is 5.92 Å². The molecule has 1 aromatic carbocycles. The first-order valence-corrected chi connectivity index (χ1v) is 14.4. The van der Waals surface area contributed by atoms with Crippen LogP contribution in [0.5, 0.6) is 0 Å². The highest BCUT2D eigenvalue weighted by atomic mass is 16.2. The molecule has 9 heteroatoms. The lowest BCUT2D eigenvalue weighted by Crippen LogP contribution is -2.67. The average Bonchev–Trinajstić information content (AvgIpc) is 3.24. The molecule has 4 aliphatic rings. The summed E-state index contributed by atoms with van der Waals surface area (Å²) in [5, 5.41) is 4.60. The summed E-state index contributed by atoms with van der Waals surface area (Å²) in [6.07, 6.45) is 7.45. The quantitative estimate of drug-likeness (QED) is 0.508. The summed E-state index contributed by atoms with van der Waals surface area (Å²) in [7, 11) is 0. The smallest absolute Gasteiger partial charge is 0.337 e. The topological polar surface area (TPSA) is 102 Å².